The van der Waals surface area contributed by atoms with Crippen molar-refractivity contribution in [2.75, 3.05) is 25.5 Å². The molecule has 1 fully saturated rings. The lowest BCUT2D eigenvalue weighted by Gasteiger charge is -2.26. The first-order valence-electron chi connectivity index (χ1n) is 7.58. The van der Waals surface area contributed by atoms with E-state index in [0.717, 1.165) is 44.3 Å². The molecular weight excluding hydrogens is 266 g/mol. The molecule has 1 aromatic carbocycles. The molecule has 112 valence electrons. The highest BCUT2D eigenvalue weighted by Gasteiger charge is 2.23. The number of nitrogens with zero attached hydrogens (tertiary/aromatic N) is 1. The summed E-state index contributed by atoms with van der Waals surface area (Å²) < 4.78 is 0. The van der Waals surface area contributed by atoms with E-state index in [4.69, 9.17) is 0 Å². The molecule has 2 N–H and O–H groups in total. The van der Waals surface area contributed by atoms with Gasteiger partial charge in [-0.25, -0.2) is 0 Å². The van der Waals surface area contributed by atoms with Crippen molar-refractivity contribution in [2.24, 2.45) is 0 Å². The standard InChI is InChI=1S/C16H21N3O2/c1-19-9-7-11-5-6-12(10-13(11)16(19)21)18-15(20)14-4-2-3-8-17-14/h5-6,10,14,17H,2-4,7-9H2,1H3,(H,18,20). The lowest BCUT2D eigenvalue weighted by atomic mass is 9.98. The zero-order valence-corrected chi connectivity index (χ0v) is 12.3. The molecule has 0 aromatic heterocycles. The number of hydrogen-bond acceptors (Lipinski definition) is 3. The second-order valence-corrected chi connectivity index (χ2v) is 5.84. The van der Waals surface area contributed by atoms with Crippen molar-refractivity contribution in [1.29, 1.82) is 0 Å². The van der Waals surface area contributed by atoms with Crippen molar-refractivity contribution in [3.05, 3.63) is 29.3 Å². The third-order valence-corrected chi connectivity index (χ3v) is 4.30. The molecule has 1 saturated heterocycles. The molecule has 21 heavy (non-hydrogen) atoms. The largest absolute Gasteiger partial charge is 0.341 e. The van der Waals surface area contributed by atoms with E-state index < -0.39 is 0 Å². The molecule has 1 aromatic rings. The van der Waals surface area contributed by atoms with Gasteiger partial charge in [0.25, 0.3) is 5.91 Å². The summed E-state index contributed by atoms with van der Waals surface area (Å²) in [6, 6.07) is 5.52. The van der Waals surface area contributed by atoms with Gasteiger partial charge in [-0.1, -0.05) is 12.5 Å². The Morgan fingerprint density at radius 1 is 1.38 bits per heavy atom. The van der Waals surface area contributed by atoms with Gasteiger partial charge in [0.1, 0.15) is 0 Å². The van der Waals surface area contributed by atoms with E-state index >= 15 is 0 Å². The van der Waals surface area contributed by atoms with E-state index in [2.05, 4.69) is 10.6 Å². The lowest BCUT2D eigenvalue weighted by molar-refractivity contribution is -0.118. The van der Waals surface area contributed by atoms with Crippen LogP contribution in [-0.4, -0.2) is 42.9 Å². The van der Waals surface area contributed by atoms with E-state index in [1.54, 1.807) is 11.0 Å². The molecule has 0 saturated carbocycles. The van der Waals surface area contributed by atoms with Crippen LogP contribution in [0.3, 0.4) is 0 Å². The predicted octanol–water partition coefficient (Wildman–Crippen LogP) is 1.40. The molecule has 0 radical (unpaired) electrons. The first-order chi connectivity index (χ1) is 10.1. The summed E-state index contributed by atoms with van der Waals surface area (Å²) in [6.07, 6.45) is 3.95. The fourth-order valence-electron chi connectivity index (χ4n) is 2.97. The summed E-state index contributed by atoms with van der Waals surface area (Å²) in [4.78, 5) is 26.1. The van der Waals surface area contributed by atoms with Gasteiger partial charge in [0, 0.05) is 24.8 Å². The van der Waals surface area contributed by atoms with Crippen LogP contribution >= 0.6 is 0 Å². The first-order valence-corrected chi connectivity index (χ1v) is 7.58. The van der Waals surface area contributed by atoms with Gasteiger partial charge < -0.3 is 15.5 Å². The Morgan fingerprint density at radius 3 is 3.00 bits per heavy atom. The van der Waals surface area contributed by atoms with Gasteiger partial charge in [-0.3, -0.25) is 9.59 Å². The van der Waals surface area contributed by atoms with Crippen LogP contribution in [-0.2, 0) is 11.2 Å². The lowest BCUT2D eigenvalue weighted by Crippen LogP contribution is -2.43. The first kappa shape index (κ1) is 14.1. The van der Waals surface area contributed by atoms with Gasteiger partial charge in [0.2, 0.25) is 5.91 Å². The van der Waals surface area contributed by atoms with E-state index in [0.29, 0.717) is 11.3 Å². The van der Waals surface area contributed by atoms with Crippen molar-refractivity contribution >= 4 is 17.5 Å². The minimum absolute atomic E-state index is 0.00809. The van der Waals surface area contributed by atoms with Crippen LogP contribution in [0.15, 0.2) is 18.2 Å². The van der Waals surface area contributed by atoms with E-state index in [9.17, 15) is 9.59 Å². The summed E-state index contributed by atoms with van der Waals surface area (Å²) in [6.45, 7) is 1.65. The third kappa shape index (κ3) is 2.93. The highest BCUT2D eigenvalue weighted by atomic mass is 16.2. The Kier molecular flexibility index (Phi) is 3.92. The molecule has 2 aliphatic rings. The van der Waals surface area contributed by atoms with Crippen LogP contribution in [0.25, 0.3) is 0 Å². The molecule has 0 aliphatic carbocycles. The Morgan fingerprint density at radius 2 is 2.24 bits per heavy atom. The minimum Gasteiger partial charge on any atom is -0.341 e. The van der Waals surface area contributed by atoms with Crippen LogP contribution in [0.2, 0.25) is 0 Å². The Bertz CT molecular complexity index is 565. The topological polar surface area (TPSA) is 61.4 Å². The van der Waals surface area contributed by atoms with Crippen molar-refractivity contribution in [1.82, 2.24) is 10.2 Å². The van der Waals surface area contributed by atoms with Crippen LogP contribution in [0.5, 0.6) is 0 Å². The number of piperidine rings is 1. The predicted molar refractivity (Wildman–Crippen MR) is 81.4 cm³/mol. The fraction of sp³-hybridized carbons (Fsp3) is 0.500. The average Bonchev–Trinajstić information content (AvgIpc) is 2.52. The fourth-order valence-corrected chi connectivity index (χ4v) is 2.97. The number of carbonyl (C=O) groups excluding carboxylic acids is 2. The number of nitrogens with one attached hydrogen (secondary N) is 2. The number of rotatable bonds is 2. The Hall–Kier alpha value is -1.88. The molecule has 1 unspecified atom stereocenters. The molecule has 0 spiro atoms. The third-order valence-electron chi connectivity index (χ3n) is 4.30. The maximum atomic E-state index is 12.2. The maximum Gasteiger partial charge on any atom is 0.253 e. The number of fused-ring (bicyclic) bond motifs is 1. The van der Waals surface area contributed by atoms with Gasteiger partial charge in [0.05, 0.1) is 6.04 Å². The number of amides is 2. The molecule has 1 atom stereocenters. The number of anilines is 1. The monoisotopic (exact) mass is 287 g/mol. The molecule has 3 rings (SSSR count). The Balaban J connectivity index is 1.74. The normalized spacial score (nSPS) is 21.9. The maximum absolute atomic E-state index is 12.2. The van der Waals surface area contributed by atoms with E-state index in [1.165, 1.54) is 0 Å². The molecule has 0 bridgehead atoms. The summed E-state index contributed by atoms with van der Waals surface area (Å²) in [5.74, 6) is 0.0226. The van der Waals surface area contributed by atoms with Gasteiger partial charge in [-0.2, -0.15) is 0 Å². The highest BCUT2D eigenvalue weighted by Crippen LogP contribution is 2.22. The average molecular weight is 287 g/mol. The van der Waals surface area contributed by atoms with E-state index in [1.807, 2.05) is 19.2 Å². The van der Waals surface area contributed by atoms with Gasteiger partial charge in [0.15, 0.2) is 0 Å². The van der Waals surface area contributed by atoms with Crippen molar-refractivity contribution in [2.45, 2.75) is 31.7 Å². The van der Waals surface area contributed by atoms with Crippen LogP contribution in [0, 0.1) is 0 Å². The number of hydrogen-bond donors (Lipinski definition) is 2. The minimum atomic E-state index is -0.117. The summed E-state index contributed by atoms with van der Waals surface area (Å²) in [5, 5.41) is 6.16. The van der Waals surface area contributed by atoms with Gasteiger partial charge >= 0.3 is 0 Å². The molecule has 5 heteroatoms. The smallest absolute Gasteiger partial charge is 0.253 e. The molecule has 2 amide bonds. The van der Waals surface area contributed by atoms with Crippen molar-refractivity contribution in [3.63, 3.8) is 0 Å². The molecule has 2 heterocycles. The second kappa shape index (κ2) is 5.85. The van der Waals surface area contributed by atoms with Crippen molar-refractivity contribution in [3.8, 4) is 0 Å². The highest BCUT2D eigenvalue weighted by molar-refractivity contribution is 6.00. The van der Waals surface area contributed by atoms with Crippen molar-refractivity contribution < 1.29 is 9.59 Å². The van der Waals surface area contributed by atoms with Gasteiger partial charge in [-0.15, -0.1) is 0 Å². The number of benzene rings is 1. The Labute approximate surface area is 124 Å². The molecule has 5 nitrogen and oxygen atoms in total. The zero-order valence-electron chi connectivity index (χ0n) is 12.3. The molecule has 2 aliphatic heterocycles. The zero-order chi connectivity index (χ0) is 14.8. The van der Waals surface area contributed by atoms with E-state index in [-0.39, 0.29) is 17.9 Å². The summed E-state index contributed by atoms with van der Waals surface area (Å²) >= 11 is 0. The van der Waals surface area contributed by atoms with Crippen LogP contribution in [0.4, 0.5) is 5.69 Å². The SMILES string of the molecule is CN1CCc2ccc(NC(=O)C3CCCCN3)cc2C1=O. The second-order valence-electron chi connectivity index (χ2n) is 5.84. The number of carbonyl (C=O) groups is 2. The van der Waals surface area contributed by atoms with Crippen LogP contribution in [0.1, 0.15) is 35.2 Å². The molecular formula is C16H21N3O2. The number of likely N-dealkylation sites (N-methyl/N-ethyl adjacent to an activating group) is 1. The van der Waals surface area contributed by atoms with Crippen LogP contribution < -0.4 is 10.6 Å². The summed E-state index contributed by atoms with van der Waals surface area (Å²) in [7, 11) is 1.81. The quantitative estimate of drug-likeness (QED) is 0.864. The van der Waals surface area contributed by atoms with Gasteiger partial charge in [-0.05, 0) is 43.5 Å². The summed E-state index contributed by atoms with van der Waals surface area (Å²) in [5.41, 5.74) is 2.47.